The highest BCUT2D eigenvalue weighted by Crippen LogP contribution is 2.24. The van der Waals surface area contributed by atoms with E-state index >= 15 is 0 Å². The molecule has 1 N–H and O–H groups in total. The fourth-order valence-corrected chi connectivity index (χ4v) is 3.35. The van der Waals surface area contributed by atoms with Gasteiger partial charge in [-0.3, -0.25) is 9.59 Å². The van der Waals surface area contributed by atoms with Gasteiger partial charge in [-0.25, -0.2) is 0 Å². The van der Waals surface area contributed by atoms with E-state index in [9.17, 15) is 9.59 Å². The Labute approximate surface area is 155 Å². The van der Waals surface area contributed by atoms with Crippen LogP contribution in [-0.4, -0.2) is 18.4 Å². The Hall–Kier alpha value is -2.40. The predicted molar refractivity (Wildman–Crippen MR) is 105 cm³/mol. The highest BCUT2D eigenvalue weighted by molar-refractivity contribution is 9.10. The number of benzene rings is 2. The van der Waals surface area contributed by atoms with Gasteiger partial charge in [-0.05, 0) is 70.7 Å². The van der Waals surface area contributed by atoms with Crippen LogP contribution < -0.4 is 10.2 Å². The number of nitrogens with one attached hydrogen (secondary N) is 1. The van der Waals surface area contributed by atoms with E-state index < -0.39 is 0 Å². The second-order valence-electron chi connectivity index (χ2n) is 6.05. The van der Waals surface area contributed by atoms with Crippen molar-refractivity contribution in [2.24, 2.45) is 0 Å². The SMILES string of the molecule is Cc1ccc(NC(=O)/C=C/c2ccc(N3CCCC3=O)cc2)c(Br)c1. The molecule has 0 spiro atoms. The van der Waals surface area contributed by atoms with Gasteiger partial charge in [0.25, 0.3) is 0 Å². The van der Waals surface area contributed by atoms with E-state index in [2.05, 4.69) is 21.2 Å². The van der Waals surface area contributed by atoms with Gasteiger partial charge in [-0.2, -0.15) is 0 Å². The summed E-state index contributed by atoms with van der Waals surface area (Å²) < 4.78 is 0.855. The summed E-state index contributed by atoms with van der Waals surface area (Å²) in [6.45, 7) is 2.78. The van der Waals surface area contributed by atoms with E-state index in [1.165, 1.54) is 6.08 Å². The molecule has 2 aromatic carbocycles. The monoisotopic (exact) mass is 398 g/mol. The lowest BCUT2D eigenvalue weighted by Crippen LogP contribution is -2.23. The zero-order chi connectivity index (χ0) is 17.8. The second-order valence-corrected chi connectivity index (χ2v) is 6.90. The van der Waals surface area contributed by atoms with Crippen LogP contribution in [0.25, 0.3) is 6.08 Å². The molecule has 0 bridgehead atoms. The number of hydrogen-bond donors (Lipinski definition) is 1. The molecular weight excluding hydrogens is 380 g/mol. The molecule has 1 aliphatic rings. The van der Waals surface area contributed by atoms with Crippen molar-refractivity contribution in [1.29, 1.82) is 0 Å². The molecule has 0 saturated carbocycles. The van der Waals surface area contributed by atoms with E-state index in [0.717, 1.165) is 39.9 Å². The van der Waals surface area contributed by atoms with Crippen molar-refractivity contribution in [3.8, 4) is 0 Å². The van der Waals surface area contributed by atoms with Gasteiger partial charge in [-0.1, -0.05) is 18.2 Å². The molecule has 25 heavy (non-hydrogen) atoms. The van der Waals surface area contributed by atoms with Crippen LogP contribution in [0.1, 0.15) is 24.0 Å². The standard InChI is InChI=1S/C20H19BrN2O2/c1-14-4-10-18(17(21)13-14)22-19(24)11-7-15-5-8-16(9-6-15)23-12-2-3-20(23)25/h4-11,13H,2-3,12H2,1H3,(H,22,24)/b11-7+. The number of amides is 2. The Morgan fingerprint density at radius 3 is 2.60 bits per heavy atom. The van der Waals surface area contributed by atoms with Gasteiger partial charge < -0.3 is 10.2 Å². The Morgan fingerprint density at radius 1 is 1.20 bits per heavy atom. The van der Waals surface area contributed by atoms with Crippen molar-refractivity contribution in [2.75, 3.05) is 16.8 Å². The highest BCUT2D eigenvalue weighted by atomic mass is 79.9. The van der Waals surface area contributed by atoms with E-state index in [1.807, 2.05) is 49.4 Å². The summed E-state index contributed by atoms with van der Waals surface area (Å²) in [5.41, 5.74) is 3.68. The van der Waals surface area contributed by atoms with Crippen molar-refractivity contribution in [3.63, 3.8) is 0 Å². The van der Waals surface area contributed by atoms with Gasteiger partial charge in [0.05, 0.1) is 5.69 Å². The van der Waals surface area contributed by atoms with Gasteiger partial charge in [0.1, 0.15) is 0 Å². The quantitative estimate of drug-likeness (QED) is 0.768. The minimum absolute atomic E-state index is 0.173. The van der Waals surface area contributed by atoms with Crippen LogP contribution in [0, 0.1) is 6.92 Å². The average Bonchev–Trinajstić information content (AvgIpc) is 3.02. The number of rotatable bonds is 4. The molecule has 3 rings (SSSR count). The highest BCUT2D eigenvalue weighted by Gasteiger charge is 2.21. The van der Waals surface area contributed by atoms with Crippen LogP contribution in [0.4, 0.5) is 11.4 Å². The topological polar surface area (TPSA) is 49.4 Å². The fraction of sp³-hybridized carbons (Fsp3) is 0.200. The molecule has 128 valence electrons. The molecule has 1 heterocycles. The number of carbonyl (C=O) groups excluding carboxylic acids is 2. The number of carbonyl (C=O) groups is 2. The molecule has 0 aromatic heterocycles. The summed E-state index contributed by atoms with van der Waals surface area (Å²) in [5.74, 6) is -0.0188. The number of aryl methyl sites for hydroxylation is 1. The van der Waals surface area contributed by atoms with Crippen molar-refractivity contribution in [1.82, 2.24) is 0 Å². The van der Waals surface area contributed by atoms with Crippen LogP contribution in [-0.2, 0) is 9.59 Å². The smallest absolute Gasteiger partial charge is 0.248 e. The number of anilines is 2. The molecule has 5 heteroatoms. The largest absolute Gasteiger partial charge is 0.321 e. The summed E-state index contributed by atoms with van der Waals surface area (Å²) in [7, 11) is 0. The minimum atomic E-state index is -0.191. The zero-order valence-corrected chi connectivity index (χ0v) is 15.5. The molecular formula is C20H19BrN2O2. The normalized spacial score (nSPS) is 14.3. The first-order chi connectivity index (χ1) is 12.0. The Morgan fingerprint density at radius 2 is 1.96 bits per heavy atom. The first-order valence-corrected chi connectivity index (χ1v) is 8.98. The number of nitrogens with zero attached hydrogens (tertiary/aromatic N) is 1. The summed E-state index contributed by atoms with van der Waals surface area (Å²) in [5, 5.41) is 2.84. The minimum Gasteiger partial charge on any atom is -0.321 e. The van der Waals surface area contributed by atoms with Crippen LogP contribution in [0.5, 0.6) is 0 Å². The molecule has 4 nitrogen and oxygen atoms in total. The van der Waals surface area contributed by atoms with Crippen LogP contribution >= 0.6 is 15.9 Å². The Bertz CT molecular complexity index is 828. The summed E-state index contributed by atoms with van der Waals surface area (Å²) in [4.78, 5) is 25.6. The van der Waals surface area contributed by atoms with Crippen LogP contribution in [0.2, 0.25) is 0 Å². The summed E-state index contributed by atoms with van der Waals surface area (Å²) in [6.07, 6.45) is 4.79. The van der Waals surface area contributed by atoms with E-state index in [4.69, 9.17) is 0 Å². The molecule has 1 fully saturated rings. The van der Waals surface area contributed by atoms with Crippen LogP contribution in [0.3, 0.4) is 0 Å². The first kappa shape index (κ1) is 17.4. The zero-order valence-electron chi connectivity index (χ0n) is 14.0. The maximum absolute atomic E-state index is 12.1. The van der Waals surface area contributed by atoms with E-state index in [0.29, 0.717) is 6.42 Å². The predicted octanol–water partition coefficient (Wildman–Crippen LogP) is 4.54. The third-order valence-corrected chi connectivity index (χ3v) is 4.74. The molecule has 1 aliphatic heterocycles. The molecule has 2 aromatic rings. The van der Waals surface area contributed by atoms with Gasteiger partial charge >= 0.3 is 0 Å². The lowest BCUT2D eigenvalue weighted by Gasteiger charge is -2.15. The molecule has 0 aliphatic carbocycles. The van der Waals surface area contributed by atoms with E-state index in [-0.39, 0.29) is 11.8 Å². The molecule has 0 unspecified atom stereocenters. The second kappa shape index (κ2) is 7.66. The lowest BCUT2D eigenvalue weighted by molar-refractivity contribution is -0.117. The van der Waals surface area contributed by atoms with Gasteiger partial charge in [0.15, 0.2) is 0 Å². The summed E-state index contributed by atoms with van der Waals surface area (Å²) in [6, 6.07) is 13.4. The van der Waals surface area contributed by atoms with Crippen LogP contribution in [0.15, 0.2) is 53.0 Å². The Balaban J connectivity index is 1.63. The molecule has 2 amide bonds. The van der Waals surface area contributed by atoms with Gasteiger partial charge in [0.2, 0.25) is 11.8 Å². The Kier molecular flexibility index (Phi) is 5.34. The molecule has 1 saturated heterocycles. The van der Waals surface area contributed by atoms with E-state index in [1.54, 1.807) is 11.0 Å². The summed E-state index contributed by atoms with van der Waals surface area (Å²) >= 11 is 3.45. The van der Waals surface area contributed by atoms with Crippen molar-refractivity contribution in [2.45, 2.75) is 19.8 Å². The third-order valence-electron chi connectivity index (χ3n) is 4.09. The maximum atomic E-state index is 12.1. The number of hydrogen-bond acceptors (Lipinski definition) is 2. The maximum Gasteiger partial charge on any atom is 0.248 e. The molecule has 0 atom stereocenters. The first-order valence-electron chi connectivity index (χ1n) is 8.18. The third kappa shape index (κ3) is 4.37. The van der Waals surface area contributed by atoms with Gasteiger partial charge in [0, 0.05) is 29.2 Å². The molecule has 0 radical (unpaired) electrons. The number of halogens is 1. The lowest BCUT2D eigenvalue weighted by atomic mass is 10.2. The van der Waals surface area contributed by atoms with Crippen molar-refractivity contribution >= 4 is 45.2 Å². The fourth-order valence-electron chi connectivity index (χ4n) is 2.75. The average molecular weight is 399 g/mol. The van der Waals surface area contributed by atoms with Crippen molar-refractivity contribution < 1.29 is 9.59 Å². The van der Waals surface area contributed by atoms with Gasteiger partial charge in [-0.15, -0.1) is 0 Å². The van der Waals surface area contributed by atoms with Crippen molar-refractivity contribution in [3.05, 3.63) is 64.1 Å².